The zero-order chi connectivity index (χ0) is 12.8. The lowest BCUT2D eigenvalue weighted by Crippen LogP contribution is -2.22. The quantitative estimate of drug-likeness (QED) is 0.873. The van der Waals surface area contributed by atoms with Gasteiger partial charge in [0.15, 0.2) is 0 Å². The second-order valence-electron chi connectivity index (χ2n) is 4.10. The molecule has 0 aromatic heterocycles. The standard InChI is InChI=1S/C13H20N2O2/c1-5-12(15(3)4)10-7-6-8-11(9-10)17-13(16)14-2/h6-9,12H,5H2,1-4H3,(H,14,16). The molecule has 0 aliphatic carbocycles. The van der Waals surface area contributed by atoms with E-state index in [1.165, 1.54) is 0 Å². The third kappa shape index (κ3) is 3.75. The topological polar surface area (TPSA) is 41.6 Å². The van der Waals surface area contributed by atoms with Gasteiger partial charge >= 0.3 is 6.09 Å². The number of benzene rings is 1. The summed E-state index contributed by atoms with van der Waals surface area (Å²) in [7, 11) is 5.63. The van der Waals surface area contributed by atoms with Crippen molar-refractivity contribution < 1.29 is 9.53 Å². The summed E-state index contributed by atoms with van der Waals surface area (Å²) in [5, 5.41) is 2.43. The molecule has 0 radical (unpaired) electrons. The second-order valence-corrected chi connectivity index (χ2v) is 4.10. The Bertz CT molecular complexity index is 377. The molecular formula is C13H20N2O2. The Balaban J connectivity index is 2.88. The molecule has 1 amide bonds. The third-order valence-corrected chi connectivity index (χ3v) is 2.67. The van der Waals surface area contributed by atoms with Crippen LogP contribution in [0.25, 0.3) is 0 Å². The van der Waals surface area contributed by atoms with E-state index in [1.807, 2.05) is 32.3 Å². The van der Waals surface area contributed by atoms with E-state index in [0.717, 1.165) is 12.0 Å². The van der Waals surface area contributed by atoms with Crippen LogP contribution < -0.4 is 10.1 Å². The molecule has 1 N–H and O–H groups in total. The zero-order valence-electron chi connectivity index (χ0n) is 10.9. The highest BCUT2D eigenvalue weighted by atomic mass is 16.5. The number of hydrogen-bond acceptors (Lipinski definition) is 3. The fourth-order valence-electron chi connectivity index (χ4n) is 1.84. The van der Waals surface area contributed by atoms with Gasteiger partial charge in [0, 0.05) is 13.1 Å². The summed E-state index contributed by atoms with van der Waals surface area (Å²) in [6.07, 6.45) is 0.566. The monoisotopic (exact) mass is 236 g/mol. The van der Waals surface area contributed by atoms with E-state index in [9.17, 15) is 4.79 Å². The Morgan fingerprint density at radius 2 is 2.18 bits per heavy atom. The average Bonchev–Trinajstić information content (AvgIpc) is 2.30. The molecule has 0 aliphatic rings. The number of amides is 1. The SMILES string of the molecule is CCC(c1cccc(OC(=O)NC)c1)N(C)C. The molecule has 4 heteroatoms. The van der Waals surface area contributed by atoms with Crippen molar-refractivity contribution in [3.05, 3.63) is 29.8 Å². The molecule has 0 bridgehead atoms. The van der Waals surface area contributed by atoms with Gasteiger partial charge in [0.1, 0.15) is 5.75 Å². The number of rotatable bonds is 4. The minimum atomic E-state index is -0.444. The summed E-state index contributed by atoms with van der Waals surface area (Å²) >= 11 is 0. The van der Waals surface area contributed by atoms with Crippen LogP contribution in [0.15, 0.2) is 24.3 Å². The molecule has 0 heterocycles. The van der Waals surface area contributed by atoms with Crippen LogP contribution in [0.4, 0.5) is 4.79 Å². The first-order valence-corrected chi connectivity index (χ1v) is 5.74. The maximum Gasteiger partial charge on any atom is 0.412 e. The fraction of sp³-hybridized carbons (Fsp3) is 0.462. The minimum Gasteiger partial charge on any atom is -0.410 e. The van der Waals surface area contributed by atoms with E-state index < -0.39 is 6.09 Å². The van der Waals surface area contributed by atoms with Crippen LogP contribution in [0.3, 0.4) is 0 Å². The number of nitrogens with zero attached hydrogens (tertiary/aromatic N) is 1. The molecule has 17 heavy (non-hydrogen) atoms. The molecule has 0 spiro atoms. The van der Waals surface area contributed by atoms with E-state index in [0.29, 0.717) is 11.8 Å². The first-order valence-electron chi connectivity index (χ1n) is 5.74. The molecule has 1 aromatic rings. The van der Waals surface area contributed by atoms with Crippen molar-refractivity contribution >= 4 is 6.09 Å². The molecule has 4 nitrogen and oxygen atoms in total. The Hall–Kier alpha value is -1.55. The van der Waals surface area contributed by atoms with Crippen molar-refractivity contribution in [2.45, 2.75) is 19.4 Å². The largest absolute Gasteiger partial charge is 0.412 e. The van der Waals surface area contributed by atoms with Gasteiger partial charge in [-0.05, 0) is 38.2 Å². The summed E-state index contributed by atoms with van der Waals surface area (Å²) < 4.78 is 5.11. The molecule has 0 fully saturated rings. The van der Waals surface area contributed by atoms with Crippen LogP contribution in [0.1, 0.15) is 24.9 Å². The van der Waals surface area contributed by atoms with Gasteiger partial charge in [0.2, 0.25) is 0 Å². The van der Waals surface area contributed by atoms with Gasteiger partial charge in [0.05, 0.1) is 0 Å². The van der Waals surface area contributed by atoms with Crippen LogP contribution in [0.5, 0.6) is 5.75 Å². The highest BCUT2D eigenvalue weighted by molar-refractivity contribution is 5.69. The number of carbonyl (C=O) groups excluding carboxylic acids is 1. The molecule has 0 saturated carbocycles. The van der Waals surface area contributed by atoms with E-state index in [2.05, 4.69) is 17.1 Å². The van der Waals surface area contributed by atoms with Crippen LogP contribution >= 0.6 is 0 Å². The minimum absolute atomic E-state index is 0.336. The first-order chi connectivity index (χ1) is 8.08. The van der Waals surface area contributed by atoms with Gasteiger partial charge in [-0.25, -0.2) is 4.79 Å². The second kappa shape index (κ2) is 6.25. The van der Waals surface area contributed by atoms with Gasteiger partial charge in [-0.2, -0.15) is 0 Å². The average molecular weight is 236 g/mol. The van der Waals surface area contributed by atoms with Crippen molar-refractivity contribution in [2.75, 3.05) is 21.1 Å². The van der Waals surface area contributed by atoms with Crippen molar-refractivity contribution in [3.63, 3.8) is 0 Å². The van der Waals surface area contributed by atoms with Crippen molar-refractivity contribution in [2.24, 2.45) is 0 Å². The molecule has 94 valence electrons. The fourth-order valence-corrected chi connectivity index (χ4v) is 1.84. The van der Waals surface area contributed by atoms with E-state index in [4.69, 9.17) is 4.74 Å². The molecule has 0 saturated heterocycles. The highest BCUT2D eigenvalue weighted by Crippen LogP contribution is 2.25. The van der Waals surface area contributed by atoms with Crippen molar-refractivity contribution in [3.8, 4) is 5.75 Å². The molecule has 1 atom stereocenters. The predicted molar refractivity (Wildman–Crippen MR) is 68.2 cm³/mol. The molecule has 1 rings (SSSR count). The smallest absolute Gasteiger partial charge is 0.410 e. The maximum absolute atomic E-state index is 11.1. The van der Waals surface area contributed by atoms with Crippen molar-refractivity contribution in [1.29, 1.82) is 0 Å². The summed E-state index contributed by atoms with van der Waals surface area (Å²) in [4.78, 5) is 13.3. The zero-order valence-corrected chi connectivity index (χ0v) is 10.9. The maximum atomic E-state index is 11.1. The predicted octanol–water partition coefficient (Wildman–Crippen LogP) is 2.42. The number of nitrogens with one attached hydrogen (secondary N) is 1. The van der Waals surface area contributed by atoms with Crippen LogP contribution in [0, 0.1) is 0 Å². The van der Waals surface area contributed by atoms with E-state index in [1.54, 1.807) is 13.1 Å². The lowest BCUT2D eigenvalue weighted by atomic mass is 10.0. The lowest BCUT2D eigenvalue weighted by Gasteiger charge is -2.23. The summed E-state index contributed by atoms with van der Waals surface area (Å²) in [6, 6.07) is 7.97. The number of carbonyl (C=O) groups is 1. The van der Waals surface area contributed by atoms with Gasteiger partial charge < -0.3 is 15.0 Å². The summed E-state index contributed by atoms with van der Waals surface area (Å²) in [5.41, 5.74) is 1.15. The number of ether oxygens (including phenoxy) is 1. The summed E-state index contributed by atoms with van der Waals surface area (Å²) in [6.45, 7) is 2.14. The van der Waals surface area contributed by atoms with Crippen LogP contribution in [0.2, 0.25) is 0 Å². The van der Waals surface area contributed by atoms with E-state index in [-0.39, 0.29) is 0 Å². The Morgan fingerprint density at radius 3 is 2.71 bits per heavy atom. The molecular weight excluding hydrogens is 216 g/mol. The van der Waals surface area contributed by atoms with Gasteiger partial charge in [-0.3, -0.25) is 0 Å². The summed E-state index contributed by atoms with van der Waals surface area (Å²) in [5.74, 6) is 0.571. The van der Waals surface area contributed by atoms with Gasteiger partial charge in [-0.1, -0.05) is 19.1 Å². The number of hydrogen-bond donors (Lipinski definition) is 1. The first kappa shape index (κ1) is 13.5. The van der Waals surface area contributed by atoms with Gasteiger partial charge in [0.25, 0.3) is 0 Å². The van der Waals surface area contributed by atoms with Gasteiger partial charge in [-0.15, -0.1) is 0 Å². The molecule has 0 aliphatic heterocycles. The van der Waals surface area contributed by atoms with Crippen LogP contribution in [-0.4, -0.2) is 32.1 Å². The Kier molecular flexibility index (Phi) is 4.97. The van der Waals surface area contributed by atoms with E-state index >= 15 is 0 Å². The Labute approximate surface area is 103 Å². The lowest BCUT2D eigenvalue weighted by molar-refractivity contribution is 0.202. The Morgan fingerprint density at radius 1 is 1.47 bits per heavy atom. The van der Waals surface area contributed by atoms with Crippen molar-refractivity contribution in [1.82, 2.24) is 10.2 Å². The highest BCUT2D eigenvalue weighted by Gasteiger charge is 2.12. The molecule has 1 unspecified atom stereocenters. The third-order valence-electron chi connectivity index (χ3n) is 2.67. The molecule has 1 aromatic carbocycles. The van der Waals surface area contributed by atoms with Crippen LogP contribution in [-0.2, 0) is 0 Å². The normalized spacial score (nSPS) is 12.3.